The molecular weight excluding hydrogens is 517 g/mol. The number of rotatable bonds is 6. The van der Waals surface area contributed by atoms with Crippen LogP contribution in [-0.4, -0.2) is 44.7 Å². The second-order valence-corrected chi connectivity index (χ2v) is 10.3. The average Bonchev–Trinajstić information content (AvgIpc) is 3.59. The molecule has 5 rings (SSSR count). The molecule has 2 fully saturated rings. The van der Waals surface area contributed by atoms with Crippen molar-refractivity contribution < 1.29 is 23.1 Å². The highest BCUT2D eigenvalue weighted by Crippen LogP contribution is 2.38. The van der Waals surface area contributed by atoms with Gasteiger partial charge in [-0.25, -0.2) is 9.48 Å². The zero-order valence-electron chi connectivity index (χ0n) is 21.7. The van der Waals surface area contributed by atoms with Crippen LogP contribution >= 0.6 is 0 Å². The Bertz CT molecular complexity index is 1580. The van der Waals surface area contributed by atoms with Gasteiger partial charge in [-0.15, -0.1) is 0 Å². The number of anilines is 2. The molecule has 0 bridgehead atoms. The van der Waals surface area contributed by atoms with E-state index < -0.39 is 35.5 Å². The summed E-state index contributed by atoms with van der Waals surface area (Å²) in [6, 6.07) is 2.95. The molecule has 0 radical (unpaired) electrons. The summed E-state index contributed by atoms with van der Waals surface area (Å²) >= 11 is 0. The van der Waals surface area contributed by atoms with Crippen LogP contribution in [0.1, 0.15) is 55.0 Å². The number of amides is 1. The first-order valence-electron chi connectivity index (χ1n) is 12.7. The summed E-state index contributed by atoms with van der Waals surface area (Å²) in [5.41, 5.74) is -0.867. The van der Waals surface area contributed by atoms with Crippen LogP contribution in [0.15, 0.2) is 34.0 Å². The fourth-order valence-electron chi connectivity index (χ4n) is 5.42. The van der Waals surface area contributed by atoms with E-state index in [1.54, 1.807) is 28.7 Å². The van der Waals surface area contributed by atoms with Crippen molar-refractivity contribution in [2.75, 3.05) is 23.3 Å². The SMILES string of the molecule is Cc1c([C@@H](C)Nc2nn(C)c(=O)c3c(N4CC[C@@H](NC(=O)O)C4)c(=O)n(C4CC4)cc23)cccc1C(F)(F)F. The monoisotopic (exact) mass is 546 g/mol. The Balaban J connectivity index is 1.64. The van der Waals surface area contributed by atoms with Crippen molar-refractivity contribution in [3.8, 4) is 0 Å². The largest absolute Gasteiger partial charge is 0.465 e. The lowest BCUT2D eigenvalue weighted by atomic mass is 9.97. The molecule has 1 saturated heterocycles. The second-order valence-electron chi connectivity index (χ2n) is 10.3. The lowest BCUT2D eigenvalue weighted by molar-refractivity contribution is -0.138. The number of nitrogens with zero attached hydrogens (tertiary/aromatic N) is 4. The molecule has 39 heavy (non-hydrogen) atoms. The number of pyridine rings is 1. The maximum absolute atomic E-state index is 13.7. The summed E-state index contributed by atoms with van der Waals surface area (Å²) in [5, 5.41) is 19.7. The molecule has 2 aromatic heterocycles. The topological polar surface area (TPSA) is 121 Å². The number of benzene rings is 1. The van der Waals surface area contributed by atoms with Gasteiger partial charge >= 0.3 is 12.3 Å². The van der Waals surface area contributed by atoms with Crippen LogP contribution in [0, 0.1) is 6.92 Å². The summed E-state index contributed by atoms with van der Waals surface area (Å²) in [5.74, 6) is 0.256. The molecule has 1 amide bonds. The molecule has 3 aromatic rings. The molecule has 3 heterocycles. The predicted molar refractivity (Wildman–Crippen MR) is 140 cm³/mol. The van der Waals surface area contributed by atoms with Gasteiger partial charge < -0.3 is 25.2 Å². The number of fused-ring (bicyclic) bond motifs is 1. The minimum Gasteiger partial charge on any atom is -0.465 e. The van der Waals surface area contributed by atoms with E-state index >= 15 is 0 Å². The summed E-state index contributed by atoms with van der Waals surface area (Å²) in [6.45, 7) is 3.72. The summed E-state index contributed by atoms with van der Waals surface area (Å²) in [4.78, 5) is 40.0. The summed E-state index contributed by atoms with van der Waals surface area (Å²) in [6.07, 6.45) is -2.00. The maximum Gasteiger partial charge on any atom is 0.416 e. The molecule has 1 aliphatic carbocycles. The zero-order chi connectivity index (χ0) is 28.2. The van der Waals surface area contributed by atoms with Gasteiger partial charge in [-0.05, 0) is 50.3 Å². The molecule has 3 N–H and O–H groups in total. The van der Waals surface area contributed by atoms with Crippen LogP contribution in [0.2, 0.25) is 0 Å². The molecule has 2 aliphatic rings. The molecular formula is C26H29F3N6O4. The normalized spacial score (nSPS) is 18.4. The quantitative estimate of drug-likeness (QED) is 0.430. The van der Waals surface area contributed by atoms with Gasteiger partial charge in [0.15, 0.2) is 5.82 Å². The van der Waals surface area contributed by atoms with Crippen molar-refractivity contribution in [2.45, 2.75) is 57.4 Å². The van der Waals surface area contributed by atoms with Gasteiger partial charge in [0.05, 0.1) is 28.4 Å². The highest BCUT2D eigenvalue weighted by atomic mass is 19.4. The van der Waals surface area contributed by atoms with Crippen molar-refractivity contribution in [3.63, 3.8) is 0 Å². The van der Waals surface area contributed by atoms with Gasteiger partial charge in [-0.1, -0.05) is 12.1 Å². The summed E-state index contributed by atoms with van der Waals surface area (Å²) in [7, 11) is 1.45. The highest BCUT2D eigenvalue weighted by molar-refractivity contribution is 5.99. The molecule has 0 spiro atoms. The second kappa shape index (κ2) is 9.62. The number of halogens is 3. The molecule has 1 aromatic carbocycles. The van der Waals surface area contributed by atoms with E-state index in [-0.39, 0.29) is 40.6 Å². The van der Waals surface area contributed by atoms with E-state index in [0.717, 1.165) is 23.6 Å². The lowest BCUT2D eigenvalue weighted by Crippen LogP contribution is -2.38. The standard InChI is InChI=1S/C26H29F3N6O4/c1-13-17(5-4-6-19(13)26(27,28)29)14(2)30-22-18-12-35(16-7-8-16)24(37)21(20(18)23(36)33(3)32-22)34-10-9-15(11-34)31-25(38)39/h4-6,12,14-16,31H,7-11H2,1-3H3,(H,30,32)(H,38,39)/t14-,15-/m1/s1. The number of nitrogens with one attached hydrogen (secondary N) is 2. The van der Waals surface area contributed by atoms with E-state index in [4.69, 9.17) is 5.11 Å². The number of hydrogen-bond acceptors (Lipinski definition) is 6. The fraction of sp³-hybridized carbons (Fsp3) is 0.462. The van der Waals surface area contributed by atoms with Crippen molar-refractivity contribution in [3.05, 3.63) is 61.8 Å². The Hall–Kier alpha value is -4.03. The smallest absolute Gasteiger partial charge is 0.416 e. The van der Waals surface area contributed by atoms with Crippen molar-refractivity contribution in [1.29, 1.82) is 0 Å². The Kier molecular flexibility index (Phi) is 6.55. The molecule has 0 unspecified atom stereocenters. The fourth-order valence-corrected chi connectivity index (χ4v) is 5.42. The predicted octanol–water partition coefficient (Wildman–Crippen LogP) is 3.78. The molecule has 1 aliphatic heterocycles. The third kappa shape index (κ3) is 4.92. The maximum atomic E-state index is 13.7. The van der Waals surface area contributed by atoms with E-state index in [2.05, 4.69) is 15.7 Å². The average molecular weight is 547 g/mol. The summed E-state index contributed by atoms with van der Waals surface area (Å²) < 4.78 is 43.3. The molecule has 2 atom stereocenters. The number of aryl methyl sites for hydroxylation is 1. The lowest BCUT2D eigenvalue weighted by Gasteiger charge is -2.24. The number of carbonyl (C=O) groups is 1. The van der Waals surface area contributed by atoms with Crippen LogP contribution in [0.5, 0.6) is 0 Å². The van der Waals surface area contributed by atoms with Crippen LogP contribution in [0.3, 0.4) is 0 Å². The minimum atomic E-state index is -4.50. The number of hydrogen-bond donors (Lipinski definition) is 3. The van der Waals surface area contributed by atoms with Crippen LogP contribution in [0.4, 0.5) is 29.5 Å². The van der Waals surface area contributed by atoms with Gasteiger partial charge in [0.1, 0.15) is 5.69 Å². The van der Waals surface area contributed by atoms with E-state index in [1.165, 1.54) is 20.0 Å². The van der Waals surface area contributed by atoms with Crippen LogP contribution in [0.25, 0.3) is 10.8 Å². The van der Waals surface area contributed by atoms with Crippen LogP contribution < -0.4 is 26.7 Å². The van der Waals surface area contributed by atoms with Crippen molar-refractivity contribution >= 4 is 28.4 Å². The molecule has 13 heteroatoms. The van der Waals surface area contributed by atoms with Crippen LogP contribution in [-0.2, 0) is 13.2 Å². The molecule has 10 nitrogen and oxygen atoms in total. The van der Waals surface area contributed by atoms with Crippen molar-refractivity contribution in [1.82, 2.24) is 19.7 Å². The molecule has 208 valence electrons. The van der Waals surface area contributed by atoms with Crippen molar-refractivity contribution in [2.24, 2.45) is 7.05 Å². The number of alkyl halides is 3. The third-order valence-corrected chi connectivity index (χ3v) is 7.50. The first-order valence-corrected chi connectivity index (χ1v) is 12.7. The minimum absolute atomic E-state index is 0.0313. The Morgan fingerprint density at radius 1 is 1.18 bits per heavy atom. The first kappa shape index (κ1) is 26.6. The van der Waals surface area contributed by atoms with Gasteiger partial charge in [0, 0.05) is 32.4 Å². The molecule has 1 saturated carbocycles. The first-order chi connectivity index (χ1) is 18.4. The van der Waals surface area contributed by atoms with Gasteiger partial charge in [0.25, 0.3) is 11.1 Å². The van der Waals surface area contributed by atoms with E-state index in [0.29, 0.717) is 23.9 Å². The Morgan fingerprint density at radius 3 is 2.54 bits per heavy atom. The highest BCUT2D eigenvalue weighted by Gasteiger charge is 2.35. The van der Waals surface area contributed by atoms with E-state index in [1.807, 2.05) is 0 Å². The van der Waals surface area contributed by atoms with Gasteiger partial charge in [-0.3, -0.25) is 9.59 Å². The van der Waals surface area contributed by atoms with Gasteiger partial charge in [-0.2, -0.15) is 18.3 Å². The number of carboxylic acid groups (broad SMARTS) is 1. The Labute approximate surface area is 221 Å². The number of aromatic nitrogens is 3. The third-order valence-electron chi connectivity index (χ3n) is 7.50. The van der Waals surface area contributed by atoms with Gasteiger partial charge in [0.2, 0.25) is 0 Å². The Morgan fingerprint density at radius 2 is 1.90 bits per heavy atom. The van der Waals surface area contributed by atoms with E-state index in [9.17, 15) is 27.6 Å². The zero-order valence-corrected chi connectivity index (χ0v) is 21.7.